The number of hydrogen-bond acceptors (Lipinski definition) is 7. The highest BCUT2D eigenvalue weighted by Crippen LogP contribution is 2.34. The molecule has 0 radical (unpaired) electrons. The monoisotopic (exact) mass is 541 g/mol. The maximum Gasteiger partial charge on any atom is 0.416 e. The third-order valence-electron chi connectivity index (χ3n) is 6.33. The molecule has 1 aliphatic rings. The van der Waals surface area contributed by atoms with E-state index in [2.05, 4.69) is 26.7 Å². The van der Waals surface area contributed by atoms with Crippen molar-refractivity contribution < 1.29 is 22.8 Å². The summed E-state index contributed by atoms with van der Waals surface area (Å²) >= 11 is 1.04. The lowest BCUT2D eigenvalue weighted by Crippen LogP contribution is -2.31. The fraction of sp³-hybridized carbons (Fsp3) is 0.333. The summed E-state index contributed by atoms with van der Waals surface area (Å²) in [7, 11) is 3.95. The first-order valence-corrected chi connectivity index (χ1v) is 12.7. The van der Waals surface area contributed by atoms with Gasteiger partial charge in [0.15, 0.2) is 10.8 Å². The second-order valence-electron chi connectivity index (χ2n) is 9.30. The first kappa shape index (κ1) is 27.4. The lowest BCUT2D eigenvalue weighted by Gasteiger charge is -2.22. The van der Waals surface area contributed by atoms with Crippen molar-refractivity contribution in [1.29, 1.82) is 0 Å². The van der Waals surface area contributed by atoms with E-state index in [9.17, 15) is 22.8 Å². The number of likely N-dealkylation sites (N-methyl/N-ethyl adjacent to an activating group) is 1. The second kappa shape index (κ2) is 11.4. The normalized spacial score (nSPS) is 15.9. The quantitative estimate of drug-likeness (QED) is 0.363. The molecule has 11 heteroatoms. The number of Topliss-reactive ketones (excluding diaryl/α,β-unsaturated/α-hetero) is 1. The number of nitrogens with two attached hydrogens (primary N) is 1. The number of carbonyl (C=O) groups excluding carboxylic acids is 2. The average Bonchev–Trinajstić information content (AvgIpc) is 3.53. The average molecular weight is 542 g/mol. The molecule has 38 heavy (non-hydrogen) atoms. The van der Waals surface area contributed by atoms with E-state index in [1.165, 1.54) is 30.6 Å². The summed E-state index contributed by atoms with van der Waals surface area (Å²) in [5.74, 6) is 4.62. The molecule has 0 saturated carbocycles. The highest BCUT2D eigenvalue weighted by atomic mass is 32.1. The molecule has 0 spiro atoms. The molecule has 1 fully saturated rings. The van der Waals surface area contributed by atoms with Gasteiger partial charge < -0.3 is 10.6 Å². The van der Waals surface area contributed by atoms with E-state index < -0.39 is 17.6 Å². The van der Waals surface area contributed by atoms with Gasteiger partial charge in [0, 0.05) is 43.9 Å². The summed E-state index contributed by atoms with van der Waals surface area (Å²) in [5, 5.41) is 0.133. The number of alkyl halides is 3. The summed E-state index contributed by atoms with van der Waals surface area (Å²) in [4.78, 5) is 36.7. The molecule has 7 nitrogen and oxygen atoms in total. The Morgan fingerprint density at radius 1 is 1.18 bits per heavy atom. The van der Waals surface area contributed by atoms with Crippen LogP contribution in [0.1, 0.15) is 53.8 Å². The number of aromatic nitrogens is 2. The number of likely N-dealkylation sites (tertiary alicyclic amines) is 1. The second-order valence-corrected chi connectivity index (χ2v) is 10.3. The van der Waals surface area contributed by atoms with Gasteiger partial charge in [-0.05, 0) is 61.7 Å². The third-order valence-corrected chi connectivity index (χ3v) is 7.26. The van der Waals surface area contributed by atoms with Crippen molar-refractivity contribution in [3.63, 3.8) is 0 Å². The molecule has 1 aromatic carbocycles. The largest absolute Gasteiger partial charge is 0.416 e. The Kier molecular flexibility index (Phi) is 8.26. The summed E-state index contributed by atoms with van der Waals surface area (Å²) in [6, 6.07) is 7.45. The van der Waals surface area contributed by atoms with Crippen molar-refractivity contribution >= 4 is 23.0 Å². The lowest BCUT2D eigenvalue weighted by molar-refractivity contribution is -0.138. The number of carbonyl (C=O) groups is 2. The van der Waals surface area contributed by atoms with Crippen LogP contribution in [0.2, 0.25) is 0 Å². The van der Waals surface area contributed by atoms with Crippen molar-refractivity contribution in [3.8, 4) is 11.8 Å². The highest BCUT2D eigenvalue weighted by Gasteiger charge is 2.35. The molecule has 1 amide bonds. The van der Waals surface area contributed by atoms with Crippen molar-refractivity contribution in [1.82, 2.24) is 19.8 Å². The molecular formula is C27H26F3N5O2S. The van der Waals surface area contributed by atoms with E-state index in [0.29, 0.717) is 23.2 Å². The Balaban J connectivity index is 1.48. The van der Waals surface area contributed by atoms with E-state index in [-0.39, 0.29) is 40.4 Å². The minimum absolute atomic E-state index is 0.133. The Labute approximate surface area is 222 Å². The fourth-order valence-corrected chi connectivity index (χ4v) is 4.91. The number of nitrogens with zero attached hydrogens (tertiary/aromatic N) is 4. The van der Waals surface area contributed by atoms with Gasteiger partial charge in [0.1, 0.15) is 5.69 Å². The number of halogens is 3. The van der Waals surface area contributed by atoms with E-state index >= 15 is 0 Å². The van der Waals surface area contributed by atoms with Gasteiger partial charge in [0.25, 0.3) is 5.91 Å². The number of ketones is 1. The van der Waals surface area contributed by atoms with Crippen LogP contribution in [0.15, 0.2) is 42.7 Å². The van der Waals surface area contributed by atoms with Gasteiger partial charge in [0.05, 0.1) is 16.6 Å². The zero-order valence-corrected chi connectivity index (χ0v) is 21.7. The maximum absolute atomic E-state index is 13.9. The molecule has 198 valence electrons. The molecule has 3 aromatic rings. The number of benzene rings is 1. The number of rotatable bonds is 7. The summed E-state index contributed by atoms with van der Waals surface area (Å²) in [6.45, 7) is 1.66. The number of thiazole rings is 1. The molecule has 1 atom stereocenters. The van der Waals surface area contributed by atoms with Gasteiger partial charge in [-0.2, -0.15) is 13.2 Å². The molecule has 0 aliphatic carbocycles. The first-order chi connectivity index (χ1) is 18.0. The highest BCUT2D eigenvalue weighted by molar-refractivity contribution is 7.14. The van der Waals surface area contributed by atoms with Gasteiger partial charge >= 0.3 is 6.18 Å². The van der Waals surface area contributed by atoms with Crippen LogP contribution in [0.25, 0.3) is 0 Å². The molecule has 1 saturated heterocycles. The van der Waals surface area contributed by atoms with Gasteiger partial charge in [-0.15, -0.1) is 11.3 Å². The molecule has 1 aliphatic heterocycles. The van der Waals surface area contributed by atoms with Crippen LogP contribution < -0.4 is 5.73 Å². The van der Waals surface area contributed by atoms with E-state index in [1.54, 1.807) is 6.07 Å². The Morgan fingerprint density at radius 2 is 1.97 bits per heavy atom. The Bertz CT molecular complexity index is 1410. The zero-order chi connectivity index (χ0) is 27.4. The SMILES string of the molecule is CN(C)[C@@H]1CCN(Cc2ccc(CC(=O)c3ccnc(C#Cc4cnc(C(N)=O)s4)c3)cc2C(F)(F)F)C1. The molecule has 2 N–H and O–H groups in total. The van der Waals surface area contributed by atoms with Gasteiger partial charge in [0.2, 0.25) is 0 Å². The van der Waals surface area contributed by atoms with Crippen LogP contribution in [0.3, 0.4) is 0 Å². The summed E-state index contributed by atoms with van der Waals surface area (Å²) in [6.07, 6.45) is -0.972. The fourth-order valence-electron chi connectivity index (χ4n) is 4.28. The predicted octanol–water partition coefficient (Wildman–Crippen LogP) is 3.62. The zero-order valence-electron chi connectivity index (χ0n) is 20.9. The van der Waals surface area contributed by atoms with Gasteiger partial charge in [-0.1, -0.05) is 12.1 Å². The standard InChI is InChI=1S/C27H26F3N5O2S/c1-34(2)21-8-10-35(16-21)15-19-4-3-17(11-23(19)27(28,29)30)12-24(36)18-7-9-32-20(13-18)5-6-22-14-33-26(38-22)25(31)37/h3-4,7,9,11,13-14,21H,8,10,12,15-16H2,1-2H3,(H2,31,37)/t21-/m1/s1. The van der Waals surface area contributed by atoms with Crippen molar-refractivity contribution in [2.45, 2.75) is 31.6 Å². The molecule has 3 heterocycles. The van der Waals surface area contributed by atoms with Gasteiger partial charge in [-0.25, -0.2) is 9.97 Å². The third kappa shape index (κ3) is 6.83. The van der Waals surface area contributed by atoms with Crippen molar-refractivity contribution in [2.75, 3.05) is 27.2 Å². The summed E-state index contributed by atoms with van der Waals surface area (Å²) in [5.41, 5.74) is 5.56. The first-order valence-electron chi connectivity index (χ1n) is 11.8. The Hall–Kier alpha value is -3.59. The maximum atomic E-state index is 13.9. The van der Waals surface area contributed by atoms with Crippen LogP contribution >= 0.6 is 11.3 Å². The minimum atomic E-state index is -4.53. The van der Waals surface area contributed by atoms with E-state index in [4.69, 9.17) is 5.73 Å². The van der Waals surface area contributed by atoms with Crippen LogP contribution in [0.5, 0.6) is 0 Å². The van der Waals surface area contributed by atoms with Crippen molar-refractivity contribution in [2.24, 2.45) is 5.73 Å². The predicted molar refractivity (Wildman–Crippen MR) is 138 cm³/mol. The van der Waals surface area contributed by atoms with E-state index in [0.717, 1.165) is 30.4 Å². The van der Waals surface area contributed by atoms with Crippen LogP contribution in [0.4, 0.5) is 13.2 Å². The number of amides is 1. The van der Waals surface area contributed by atoms with Crippen molar-refractivity contribution in [3.05, 3.63) is 80.6 Å². The van der Waals surface area contributed by atoms with Crippen LogP contribution in [-0.2, 0) is 19.1 Å². The molecule has 0 unspecified atom stereocenters. The van der Waals surface area contributed by atoms with Crippen LogP contribution in [-0.4, -0.2) is 64.7 Å². The minimum Gasteiger partial charge on any atom is -0.364 e. The Morgan fingerprint density at radius 3 is 2.63 bits per heavy atom. The molecule has 2 aromatic heterocycles. The molecule has 4 rings (SSSR count). The van der Waals surface area contributed by atoms with Crippen LogP contribution in [0, 0.1) is 11.8 Å². The number of hydrogen-bond donors (Lipinski definition) is 1. The topological polar surface area (TPSA) is 92.4 Å². The molecular weight excluding hydrogens is 515 g/mol. The number of pyridine rings is 1. The smallest absolute Gasteiger partial charge is 0.364 e. The number of primary amides is 1. The molecule has 0 bridgehead atoms. The van der Waals surface area contributed by atoms with Gasteiger partial charge in [-0.3, -0.25) is 14.5 Å². The summed E-state index contributed by atoms with van der Waals surface area (Å²) < 4.78 is 41.8. The lowest BCUT2D eigenvalue weighted by atomic mass is 9.98. The van der Waals surface area contributed by atoms with E-state index in [1.807, 2.05) is 19.0 Å².